The SMILES string of the molecule is CCN1CCN(CC(O)COc2cccc(CNCCSc3n[nH]c(C)n3)c2)CC1. The van der Waals surface area contributed by atoms with Gasteiger partial charge in [-0.3, -0.25) is 10.00 Å². The number of aromatic amines is 1. The molecule has 1 aromatic heterocycles. The van der Waals surface area contributed by atoms with Crippen molar-refractivity contribution in [2.45, 2.75) is 31.7 Å². The highest BCUT2D eigenvalue weighted by molar-refractivity contribution is 7.99. The van der Waals surface area contributed by atoms with Crippen LogP contribution in [0.1, 0.15) is 18.3 Å². The summed E-state index contributed by atoms with van der Waals surface area (Å²) in [6.07, 6.45) is -0.476. The molecule has 3 rings (SSSR count). The molecule has 0 aliphatic carbocycles. The maximum atomic E-state index is 10.3. The number of thioether (sulfide) groups is 1. The van der Waals surface area contributed by atoms with Crippen molar-refractivity contribution in [3.8, 4) is 5.75 Å². The molecule has 1 aliphatic heterocycles. The number of hydrogen-bond donors (Lipinski definition) is 3. The van der Waals surface area contributed by atoms with Gasteiger partial charge < -0.3 is 20.1 Å². The van der Waals surface area contributed by atoms with E-state index in [4.69, 9.17) is 4.74 Å². The highest BCUT2D eigenvalue weighted by Gasteiger charge is 2.18. The standard InChI is InChI=1S/C21H34N6O2S/c1-3-26-8-10-27(11-9-26)15-19(28)16-29-20-6-4-5-18(13-20)14-22-7-12-30-21-23-17(2)24-25-21/h4-6,13,19,22,28H,3,7-12,14-16H2,1-2H3,(H,23,24,25). The molecule has 1 atom stereocenters. The number of nitrogens with zero attached hydrogens (tertiary/aromatic N) is 4. The number of aliphatic hydroxyl groups is 1. The number of ether oxygens (including phenoxy) is 1. The first-order valence-corrected chi connectivity index (χ1v) is 11.7. The molecule has 2 heterocycles. The third kappa shape index (κ3) is 7.88. The molecule has 0 bridgehead atoms. The van der Waals surface area contributed by atoms with E-state index in [1.54, 1.807) is 11.8 Å². The Bertz CT molecular complexity index is 751. The van der Waals surface area contributed by atoms with Crippen LogP contribution in [-0.2, 0) is 6.54 Å². The summed E-state index contributed by atoms with van der Waals surface area (Å²) in [5, 5.41) is 21.5. The number of aryl methyl sites for hydroxylation is 1. The lowest BCUT2D eigenvalue weighted by Crippen LogP contribution is -2.49. The normalized spacial score (nSPS) is 16.6. The first-order chi connectivity index (χ1) is 14.6. The van der Waals surface area contributed by atoms with Crippen molar-refractivity contribution in [2.75, 3.05) is 58.2 Å². The van der Waals surface area contributed by atoms with Crippen molar-refractivity contribution >= 4 is 11.8 Å². The number of nitrogens with one attached hydrogen (secondary N) is 2. The summed E-state index contributed by atoms with van der Waals surface area (Å²) in [5.41, 5.74) is 1.16. The van der Waals surface area contributed by atoms with Gasteiger partial charge in [0.05, 0.1) is 0 Å². The van der Waals surface area contributed by atoms with Crippen LogP contribution in [0.3, 0.4) is 0 Å². The molecule has 3 N–H and O–H groups in total. The molecule has 8 nitrogen and oxygen atoms in total. The van der Waals surface area contributed by atoms with Gasteiger partial charge in [-0.2, -0.15) is 0 Å². The summed E-state index contributed by atoms with van der Waals surface area (Å²) >= 11 is 1.63. The van der Waals surface area contributed by atoms with E-state index in [0.29, 0.717) is 13.2 Å². The number of hydrogen-bond acceptors (Lipinski definition) is 8. The molecule has 30 heavy (non-hydrogen) atoms. The molecule has 1 fully saturated rings. The molecule has 1 unspecified atom stereocenters. The van der Waals surface area contributed by atoms with Gasteiger partial charge in [-0.05, 0) is 31.2 Å². The van der Waals surface area contributed by atoms with Gasteiger partial charge in [-0.15, -0.1) is 5.10 Å². The molecule has 0 spiro atoms. The number of β-amino-alcohol motifs (C(OH)–C–C–N with tert-alkyl or cyclic N) is 1. The zero-order chi connectivity index (χ0) is 21.2. The van der Waals surface area contributed by atoms with Gasteiger partial charge in [-0.25, -0.2) is 4.98 Å². The second-order valence-electron chi connectivity index (χ2n) is 7.58. The number of aromatic nitrogens is 3. The number of likely N-dealkylation sites (N-methyl/N-ethyl adjacent to an activating group) is 1. The van der Waals surface area contributed by atoms with E-state index in [1.807, 2.05) is 25.1 Å². The van der Waals surface area contributed by atoms with Crippen LogP contribution in [0.4, 0.5) is 0 Å². The van der Waals surface area contributed by atoms with Gasteiger partial charge in [-0.1, -0.05) is 30.8 Å². The smallest absolute Gasteiger partial charge is 0.208 e. The Morgan fingerprint density at radius 1 is 1.27 bits per heavy atom. The molecular weight excluding hydrogens is 400 g/mol. The molecular formula is C21H34N6O2S. The minimum Gasteiger partial charge on any atom is -0.491 e. The molecule has 166 valence electrons. The summed E-state index contributed by atoms with van der Waals surface area (Å²) in [7, 11) is 0. The maximum Gasteiger partial charge on any atom is 0.208 e. The monoisotopic (exact) mass is 434 g/mol. The summed E-state index contributed by atoms with van der Waals surface area (Å²) in [4.78, 5) is 9.04. The Morgan fingerprint density at radius 3 is 2.80 bits per heavy atom. The first-order valence-electron chi connectivity index (χ1n) is 10.7. The molecule has 0 saturated carbocycles. The lowest BCUT2D eigenvalue weighted by molar-refractivity contribution is 0.0471. The van der Waals surface area contributed by atoms with Crippen molar-refractivity contribution in [1.82, 2.24) is 30.3 Å². The van der Waals surface area contributed by atoms with Crippen LogP contribution in [0, 0.1) is 6.92 Å². The van der Waals surface area contributed by atoms with Crippen LogP contribution in [0.15, 0.2) is 29.4 Å². The van der Waals surface area contributed by atoms with Gasteiger partial charge in [0, 0.05) is 51.6 Å². The van der Waals surface area contributed by atoms with E-state index in [2.05, 4.69) is 43.3 Å². The van der Waals surface area contributed by atoms with Crippen LogP contribution in [0.2, 0.25) is 0 Å². The fourth-order valence-electron chi connectivity index (χ4n) is 3.41. The summed E-state index contributed by atoms with van der Waals surface area (Å²) < 4.78 is 5.84. The van der Waals surface area contributed by atoms with E-state index in [-0.39, 0.29) is 0 Å². The highest BCUT2D eigenvalue weighted by Crippen LogP contribution is 2.14. The Morgan fingerprint density at radius 2 is 2.07 bits per heavy atom. The number of rotatable bonds is 12. The van der Waals surface area contributed by atoms with Crippen molar-refractivity contribution in [3.05, 3.63) is 35.7 Å². The minimum absolute atomic E-state index is 0.317. The van der Waals surface area contributed by atoms with Crippen LogP contribution in [-0.4, -0.2) is 94.4 Å². The number of H-pyrrole nitrogens is 1. The zero-order valence-electron chi connectivity index (χ0n) is 18.0. The molecule has 9 heteroatoms. The maximum absolute atomic E-state index is 10.3. The van der Waals surface area contributed by atoms with Crippen molar-refractivity contribution in [2.24, 2.45) is 0 Å². The van der Waals surface area contributed by atoms with Crippen LogP contribution in [0.25, 0.3) is 0 Å². The van der Waals surface area contributed by atoms with E-state index in [1.165, 1.54) is 0 Å². The molecule has 0 radical (unpaired) electrons. The molecule has 2 aromatic rings. The van der Waals surface area contributed by atoms with Gasteiger partial charge in [0.25, 0.3) is 0 Å². The Labute approximate surface area is 183 Å². The van der Waals surface area contributed by atoms with Gasteiger partial charge in [0.15, 0.2) is 0 Å². The topological polar surface area (TPSA) is 89.5 Å². The van der Waals surface area contributed by atoms with Gasteiger partial charge in [0.2, 0.25) is 5.16 Å². The van der Waals surface area contributed by atoms with Gasteiger partial charge in [0.1, 0.15) is 24.3 Å². The summed E-state index contributed by atoms with van der Waals surface area (Å²) in [6.45, 7) is 12.0. The number of aliphatic hydroxyl groups excluding tert-OH is 1. The first kappa shape index (κ1) is 23.0. The number of benzene rings is 1. The lowest BCUT2D eigenvalue weighted by Gasteiger charge is -2.34. The van der Waals surface area contributed by atoms with Crippen LogP contribution >= 0.6 is 11.8 Å². The Balaban J connectivity index is 1.31. The highest BCUT2D eigenvalue weighted by atomic mass is 32.2. The van der Waals surface area contributed by atoms with E-state index in [0.717, 1.165) is 73.9 Å². The molecule has 1 aromatic carbocycles. The quantitative estimate of drug-likeness (QED) is 0.341. The molecule has 0 amide bonds. The second kappa shape index (κ2) is 12.3. The zero-order valence-corrected chi connectivity index (χ0v) is 18.8. The summed E-state index contributed by atoms with van der Waals surface area (Å²) in [6, 6.07) is 8.05. The van der Waals surface area contributed by atoms with Crippen LogP contribution in [0.5, 0.6) is 5.75 Å². The van der Waals surface area contributed by atoms with E-state index < -0.39 is 6.10 Å². The molecule has 1 saturated heterocycles. The van der Waals surface area contributed by atoms with Gasteiger partial charge >= 0.3 is 0 Å². The minimum atomic E-state index is -0.476. The lowest BCUT2D eigenvalue weighted by atomic mass is 10.2. The summed E-state index contributed by atoms with van der Waals surface area (Å²) in [5.74, 6) is 2.55. The largest absolute Gasteiger partial charge is 0.491 e. The fourth-order valence-corrected chi connectivity index (χ4v) is 4.15. The van der Waals surface area contributed by atoms with Crippen molar-refractivity contribution < 1.29 is 9.84 Å². The Kier molecular flexibility index (Phi) is 9.41. The van der Waals surface area contributed by atoms with E-state index >= 15 is 0 Å². The average Bonchev–Trinajstić information content (AvgIpc) is 3.18. The second-order valence-corrected chi connectivity index (χ2v) is 8.64. The van der Waals surface area contributed by atoms with Crippen LogP contribution < -0.4 is 10.1 Å². The predicted octanol–water partition coefficient (Wildman–Crippen LogP) is 1.37. The third-order valence-electron chi connectivity index (χ3n) is 5.14. The van der Waals surface area contributed by atoms with Crippen molar-refractivity contribution in [1.29, 1.82) is 0 Å². The average molecular weight is 435 g/mol. The molecule has 1 aliphatic rings. The Hall–Kier alpha value is -1.65. The van der Waals surface area contributed by atoms with E-state index in [9.17, 15) is 5.11 Å². The fraction of sp³-hybridized carbons (Fsp3) is 0.619. The van der Waals surface area contributed by atoms with Crippen molar-refractivity contribution in [3.63, 3.8) is 0 Å². The number of piperazine rings is 1. The predicted molar refractivity (Wildman–Crippen MR) is 120 cm³/mol. The third-order valence-corrected chi connectivity index (χ3v) is 5.99.